The Balaban J connectivity index is 2.81. The number of ether oxygens (including phenoxy) is 2. The number of nitrogens with two attached hydrogens (primary N) is 1. The van der Waals surface area contributed by atoms with Crippen molar-refractivity contribution in [3.63, 3.8) is 0 Å². The molecule has 0 aliphatic heterocycles. The Kier molecular flexibility index (Phi) is 6.99. The predicted molar refractivity (Wildman–Crippen MR) is 74.4 cm³/mol. The lowest BCUT2D eigenvalue weighted by atomic mass is 10.00. The van der Waals surface area contributed by atoms with Crippen LogP contribution in [0.25, 0.3) is 0 Å². The maximum atomic E-state index is 13.9. The van der Waals surface area contributed by atoms with Crippen molar-refractivity contribution in [2.75, 3.05) is 13.2 Å². The van der Waals surface area contributed by atoms with Crippen LogP contribution in [0.2, 0.25) is 0 Å². The minimum absolute atomic E-state index is 0.123. The van der Waals surface area contributed by atoms with Gasteiger partial charge in [0.25, 0.3) is 0 Å². The largest absolute Gasteiger partial charge is 0.379 e. The van der Waals surface area contributed by atoms with E-state index in [1.807, 2.05) is 20.8 Å². The van der Waals surface area contributed by atoms with Gasteiger partial charge in [-0.15, -0.1) is 0 Å². The third-order valence-electron chi connectivity index (χ3n) is 3.01. The summed E-state index contributed by atoms with van der Waals surface area (Å²) in [5.41, 5.74) is 6.58. The molecule has 0 saturated carbocycles. The van der Waals surface area contributed by atoms with E-state index >= 15 is 0 Å². The van der Waals surface area contributed by atoms with Gasteiger partial charge in [-0.2, -0.15) is 0 Å². The molecule has 19 heavy (non-hydrogen) atoms. The number of halogens is 1. The van der Waals surface area contributed by atoms with Gasteiger partial charge in [-0.1, -0.05) is 25.1 Å². The van der Waals surface area contributed by atoms with Crippen molar-refractivity contribution in [3.8, 4) is 0 Å². The van der Waals surface area contributed by atoms with Crippen molar-refractivity contribution >= 4 is 0 Å². The molecule has 0 amide bonds. The summed E-state index contributed by atoms with van der Waals surface area (Å²) in [6.07, 6.45) is 0.157. The Bertz CT molecular complexity index is 373. The molecule has 0 heterocycles. The first kappa shape index (κ1) is 16.1. The summed E-state index contributed by atoms with van der Waals surface area (Å²) in [6, 6.07) is 6.38. The van der Waals surface area contributed by atoms with E-state index in [1.54, 1.807) is 18.2 Å². The number of hydrogen-bond donors (Lipinski definition) is 1. The van der Waals surface area contributed by atoms with Crippen LogP contribution in [0.4, 0.5) is 4.39 Å². The Hall–Kier alpha value is -0.970. The van der Waals surface area contributed by atoms with Crippen molar-refractivity contribution in [2.24, 2.45) is 5.73 Å². The Morgan fingerprint density at radius 2 is 1.95 bits per heavy atom. The highest BCUT2D eigenvalue weighted by atomic mass is 19.1. The van der Waals surface area contributed by atoms with Crippen LogP contribution < -0.4 is 5.73 Å². The monoisotopic (exact) mass is 269 g/mol. The number of hydrogen-bond acceptors (Lipinski definition) is 3. The molecule has 0 aromatic heterocycles. The van der Waals surface area contributed by atoms with E-state index in [1.165, 1.54) is 6.07 Å². The van der Waals surface area contributed by atoms with Gasteiger partial charge in [0.1, 0.15) is 11.9 Å². The standard InChI is InChI=1S/C15H24FNO2/c1-4-14(17)15(19-11(3)10-18-5-2)12-8-6-7-9-13(12)16/h6-9,11,14-15H,4-5,10,17H2,1-3H3. The van der Waals surface area contributed by atoms with Crippen LogP contribution in [0, 0.1) is 5.82 Å². The van der Waals surface area contributed by atoms with Crippen LogP contribution in [0.3, 0.4) is 0 Å². The van der Waals surface area contributed by atoms with Gasteiger partial charge >= 0.3 is 0 Å². The lowest BCUT2D eigenvalue weighted by molar-refractivity contribution is -0.0586. The molecular formula is C15H24FNO2. The zero-order valence-electron chi connectivity index (χ0n) is 11.9. The fraction of sp³-hybridized carbons (Fsp3) is 0.600. The van der Waals surface area contributed by atoms with E-state index < -0.39 is 6.10 Å². The second-order valence-corrected chi connectivity index (χ2v) is 4.62. The minimum atomic E-state index is -0.443. The Labute approximate surface area is 114 Å². The highest BCUT2D eigenvalue weighted by molar-refractivity contribution is 5.21. The number of rotatable bonds is 8. The molecular weight excluding hydrogens is 245 g/mol. The molecule has 0 fully saturated rings. The third-order valence-corrected chi connectivity index (χ3v) is 3.01. The summed E-state index contributed by atoms with van der Waals surface area (Å²) in [6.45, 7) is 6.93. The summed E-state index contributed by atoms with van der Waals surface area (Å²) in [5.74, 6) is -0.278. The van der Waals surface area contributed by atoms with Crippen LogP contribution in [-0.4, -0.2) is 25.4 Å². The normalized spacial score (nSPS) is 16.1. The molecule has 3 nitrogen and oxygen atoms in total. The van der Waals surface area contributed by atoms with Crippen molar-refractivity contribution in [1.82, 2.24) is 0 Å². The Morgan fingerprint density at radius 3 is 2.53 bits per heavy atom. The maximum Gasteiger partial charge on any atom is 0.129 e. The molecule has 2 N–H and O–H groups in total. The van der Waals surface area contributed by atoms with Crippen molar-refractivity contribution in [2.45, 2.75) is 45.4 Å². The average Bonchev–Trinajstić information content (AvgIpc) is 2.42. The fourth-order valence-electron chi connectivity index (χ4n) is 1.90. The van der Waals surface area contributed by atoms with E-state index in [2.05, 4.69) is 0 Å². The molecule has 1 rings (SSSR count). The second kappa shape index (κ2) is 8.25. The summed E-state index contributed by atoms with van der Waals surface area (Å²) < 4.78 is 25.1. The lowest BCUT2D eigenvalue weighted by Gasteiger charge is -2.27. The summed E-state index contributed by atoms with van der Waals surface area (Å²) in [4.78, 5) is 0. The van der Waals surface area contributed by atoms with Gasteiger partial charge in [-0.05, 0) is 26.3 Å². The minimum Gasteiger partial charge on any atom is -0.379 e. The van der Waals surface area contributed by atoms with Crippen LogP contribution in [0.15, 0.2) is 24.3 Å². The second-order valence-electron chi connectivity index (χ2n) is 4.62. The molecule has 0 radical (unpaired) electrons. The highest BCUT2D eigenvalue weighted by Gasteiger charge is 2.24. The summed E-state index contributed by atoms with van der Waals surface area (Å²) >= 11 is 0. The van der Waals surface area contributed by atoms with Gasteiger partial charge in [-0.3, -0.25) is 0 Å². The van der Waals surface area contributed by atoms with Crippen LogP contribution >= 0.6 is 0 Å². The molecule has 1 aromatic rings. The average molecular weight is 269 g/mol. The van der Waals surface area contributed by atoms with Crippen molar-refractivity contribution in [1.29, 1.82) is 0 Å². The fourth-order valence-corrected chi connectivity index (χ4v) is 1.90. The zero-order chi connectivity index (χ0) is 14.3. The molecule has 0 bridgehead atoms. The van der Waals surface area contributed by atoms with E-state index in [-0.39, 0.29) is 18.0 Å². The van der Waals surface area contributed by atoms with Gasteiger partial charge in [0.05, 0.1) is 12.7 Å². The van der Waals surface area contributed by atoms with Gasteiger partial charge in [0.15, 0.2) is 0 Å². The molecule has 0 aliphatic rings. The van der Waals surface area contributed by atoms with Crippen LogP contribution in [-0.2, 0) is 9.47 Å². The summed E-state index contributed by atoms with van der Waals surface area (Å²) in [7, 11) is 0. The lowest BCUT2D eigenvalue weighted by Crippen LogP contribution is -2.33. The van der Waals surface area contributed by atoms with Gasteiger partial charge in [0.2, 0.25) is 0 Å². The smallest absolute Gasteiger partial charge is 0.129 e. The quantitative estimate of drug-likeness (QED) is 0.789. The summed E-state index contributed by atoms with van der Waals surface area (Å²) in [5, 5.41) is 0. The molecule has 0 spiro atoms. The molecule has 3 atom stereocenters. The molecule has 4 heteroatoms. The first-order chi connectivity index (χ1) is 9.10. The highest BCUT2D eigenvalue weighted by Crippen LogP contribution is 2.26. The van der Waals surface area contributed by atoms with E-state index in [4.69, 9.17) is 15.2 Å². The molecule has 3 unspecified atom stereocenters. The SMILES string of the molecule is CCOCC(C)OC(c1ccccc1F)C(N)CC. The topological polar surface area (TPSA) is 44.5 Å². The molecule has 108 valence electrons. The van der Waals surface area contributed by atoms with Gasteiger partial charge in [-0.25, -0.2) is 4.39 Å². The number of benzene rings is 1. The predicted octanol–water partition coefficient (Wildman–Crippen LogP) is 3.05. The maximum absolute atomic E-state index is 13.9. The molecule has 1 aromatic carbocycles. The van der Waals surface area contributed by atoms with Crippen LogP contribution in [0.1, 0.15) is 38.9 Å². The molecule has 0 saturated heterocycles. The van der Waals surface area contributed by atoms with E-state index in [0.717, 1.165) is 6.42 Å². The van der Waals surface area contributed by atoms with E-state index in [0.29, 0.717) is 18.8 Å². The Morgan fingerprint density at radius 1 is 1.26 bits per heavy atom. The van der Waals surface area contributed by atoms with Gasteiger partial charge < -0.3 is 15.2 Å². The first-order valence-corrected chi connectivity index (χ1v) is 6.83. The zero-order valence-corrected chi connectivity index (χ0v) is 11.9. The van der Waals surface area contributed by atoms with Gasteiger partial charge in [0, 0.05) is 18.2 Å². The van der Waals surface area contributed by atoms with Crippen molar-refractivity contribution in [3.05, 3.63) is 35.6 Å². The molecule has 0 aliphatic carbocycles. The third kappa shape index (κ3) is 4.90. The van der Waals surface area contributed by atoms with Crippen molar-refractivity contribution < 1.29 is 13.9 Å². The van der Waals surface area contributed by atoms with Crippen LogP contribution in [0.5, 0.6) is 0 Å². The first-order valence-electron chi connectivity index (χ1n) is 6.83. The van der Waals surface area contributed by atoms with E-state index in [9.17, 15) is 4.39 Å².